The van der Waals surface area contributed by atoms with Gasteiger partial charge in [0, 0.05) is 27.2 Å². The molecule has 11 nitrogen and oxygen atoms in total. The van der Waals surface area contributed by atoms with Crippen LogP contribution in [0.4, 0.5) is 0 Å². The number of likely N-dealkylation sites (N-methyl/N-ethyl adjacent to an activating group) is 2. The van der Waals surface area contributed by atoms with Crippen molar-refractivity contribution >= 4 is 31.6 Å². The lowest BCUT2D eigenvalue weighted by Gasteiger charge is -2.26. The molecule has 0 aromatic carbocycles. The fourth-order valence-corrected chi connectivity index (χ4v) is 2.08. The summed E-state index contributed by atoms with van der Waals surface area (Å²) in [5.74, 6) is -1.58. The molecule has 0 heterocycles. The summed E-state index contributed by atoms with van der Waals surface area (Å²) in [5, 5.41) is 4.94. The summed E-state index contributed by atoms with van der Waals surface area (Å²) >= 11 is 0. The Bertz CT molecular complexity index is 450. The van der Waals surface area contributed by atoms with Gasteiger partial charge in [-0.25, -0.2) is 0 Å². The number of nitrogens with two attached hydrogens (primary N) is 2. The summed E-state index contributed by atoms with van der Waals surface area (Å²) in [7, 11) is 8.90. The van der Waals surface area contributed by atoms with E-state index in [-0.39, 0.29) is 38.0 Å². The molecule has 0 spiro atoms. The van der Waals surface area contributed by atoms with Crippen LogP contribution in [0.3, 0.4) is 0 Å². The Hall–Kier alpha value is -2.18. The van der Waals surface area contributed by atoms with Gasteiger partial charge >= 0.3 is 0 Å². The van der Waals surface area contributed by atoms with E-state index in [9.17, 15) is 19.2 Å². The van der Waals surface area contributed by atoms with E-state index >= 15 is 0 Å². The topological polar surface area (TPSA) is 154 Å². The smallest absolute Gasteiger partial charge is 0.233 e. The zero-order chi connectivity index (χ0) is 20.1. The van der Waals surface area contributed by atoms with E-state index in [0.29, 0.717) is 26.2 Å². The third kappa shape index (κ3) is 12.2. The number of nitrogens with one attached hydrogen (secondary N) is 2. The molecule has 0 fully saturated rings. The van der Waals surface area contributed by atoms with Crippen molar-refractivity contribution in [2.24, 2.45) is 11.5 Å². The van der Waals surface area contributed by atoms with E-state index in [1.165, 1.54) is 18.9 Å². The van der Waals surface area contributed by atoms with Gasteiger partial charge in [-0.15, -0.1) is 0 Å². The van der Waals surface area contributed by atoms with Crippen LogP contribution in [0.15, 0.2) is 0 Å². The number of amides is 4. The Morgan fingerprint density at radius 2 is 1.08 bits per heavy atom. The molecule has 0 saturated carbocycles. The van der Waals surface area contributed by atoms with Crippen LogP contribution in [0.1, 0.15) is 0 Å². The van der Waals surface area contributed by atoms with Gasteiger partial charge < -0.3 is 26.9 Å². The van der Waals surface area contributed by atoms with Crippen molar-refractivity contribution < 1.29 is 19.2 Å². The van der Waals surface area contributed by atoms with Crippen LogP contribution in [0.2, 0.25) is 0 Å². The highest BCUT2D eigenvalue weighted by atomic mass is 16.2. The number of rotatable bonds is 14. The van der Waals surface area contributed by atoms with E-state index in [4.69, 9.17) is 19.4 Å². The van der Waals surface area contributed by atoms with E-state index in [1.54, 1.807) is 9.80 Å². The summed E-state index contributed by atoms with van der Waals surface area (Å²) < 4.78 is 0. The molecule has 26 heavy (non-hydrogen) atoms. The Kier molecular flexibility index (Phi) is 12.0. The second kappa shape index (κ2) is 13.1. The first-order valence-corrected chi connectivity index (χ1v) is 8.10. The minimum Gasteiger partial charge on any atom is -0.369 e. The van der Waals surface area contributed by atoms with Crippen molar-refractivity contribution in [1.82, 2.24) is 25.2 Å². The molecule has 0 unspecified atom stereocenters. The summed E-state index contributed by atoms with van der Waals surface area (Å²) in [6.07, 6.45) is 0. The summed E-state index contributed by atoms with van der Waals surface area (Å²) in [5.41, 5.74) is 10.4. The molecule has 0 aliphatic rings. The number of nitrogens with zero attached hydrogens (tertiary/aromatic N) is 3. The molecule has 0 aliphatic heterocycles. The van der Waals surface area contributed by atoms with Crippen LogP contribution < -0.4 is 22.1 Å². The highest BCUT2D eigenvalue weighted by Crippen LogP contribution is 1.93. The minimum absolute atomic E-state index is 0.0255. The average Bonchev–Trinajstić information content (AvgIpc) is 2.56. The molecule has 6 N–H and O–H groups in total. The van der Waals surface area contributed by atoms with Crippen LogP contribution in [0.5, 0.6) is 0 Å². The van der Waals surface area contributed by atoms with Crippen molar-refractivity contribution in [3.05, 3.63) is 0 Å². The second-order valence-electron chi connectivity index (χ2n) is 5.74. The molecular weight excluding hydrogens is 341 g/mol. The Morgan fingerprint density at radius 3 is 1.35 bits per heavy atom. The Balaban J connectivity index is 4.46. The van der Waals surface area contributed by atoms with E-state index < -0.39 is 11.8 Å². The lowest BCUT2D eigenvalue weighted by atomic mass is 10.2. The maximum absolute atomic E-state index is 11.5. The first kappa shape index (κ1) is 23.8. The lowest BCUT2D eigenvalue weighted by molar-refractivity contribution is -0.125. The molecule has 0 atom stereocenters. The quantitative estimate of drug-likeness (QED) is 0.225. The SMILES string of the molecule is [B]N(CCN(CC(N)=O)CC(=O)NC)CCN(CC(N)=O)CC(=O)NC. The van der Waals surface area contributed by atoms with Gasteiger partial charge in [-0.3, -0.25) is 29.0 Å². The van der Waals surface area contributed by atoms with Crippen molar-refractivity contribution in [3.8, 4) is 0 Å². The molecule has 4 amide bonds. The van der Waals surface area contributed by atoms with Gasteiger partial charge in [0.2, 0.25) is 23.6 Å². The monoisotopic (exact) mass is 369 g/mol. The zero-order valence-electron chi connectivity index (χ0n) is 15.4. The highest BCUT2D eigenvalue weighted by molar-refractivity contribution is 6.04. The van der Waals surface area contributed by atoms with Gasteiger partial charge in [0.25, 0.3) is 0 Å². The molecule has 0 bridgehead atoms. The fourth-order valence-electron chi connectivity index (χ4n) is 2.08. The highest BCUT2D eigenvalue weighted by Gasteiger charge is 2.15. The Labute approximate surface area is 154 Å². The number of carbonyl (C=O) groups excluding carboxylic acids is 4. The third-order valence-electron chi connectivity index (χ3n) is 3.46. The molecule has 0 rings (SSSR count). The third-order valence-corrected chi connectivity index (χ3v) is 3.46. The summed E-state index contributed by atoms with van der Waals surface area (Å²) in [6.45, 7) is 1.33. The van der Waals surface area contributed by atoms with Crippen molar-refractivity contribution in [2.75, 3.05) is 66.5 Å². The maximum Gasteiger partial charge on any atom is 0.233 e. The van der Waals surface area contributed by atoms with Crippen LogP contribution in [-0.4, -0.2) is 113 Å². The lowest BCUT2D eigenvalue weighted by Crippen LogP contribution is -2.46. The number of carbonyl (C=O) groups is 4. The van der Waals surface area contributed by atoms with Crippen molar-refractivity contribution in [1.29, 1.82) is 0 Å². The number of hydrogen-bond donors (Lipinski definition) is 4. The molecular formula is C14H28BN7O4. The number of hydrogen-bond acceptors (Lipinski definition) is 7. The molecule has 0 aliphatic carbocycles. The van der Waals surface area contributed by atoms with E-state index in [2.05, 4.69) is 10.6 Å². The molecule has 2 radical (unpaired) electrons. The molecule has 0 aromatic rings. The summed E-state index contributed by atoms with van der Waals surface area (Å²) in [6, 6.07) is 0. The van der Waals surface area contributed by atoms with Gasteiger partial charge in [0.05, 0.1) is 26.2 Å². The first-order valence-electron chi connectivity index (χ1n) is 8.10. The van der Waals surface area contributed by atoms with Crippen molar-refractivity contribution in [3.63, 3.8) is 0 Å². The second-order valence-corrected chi connectivity index (χ2v) is 5.74. The van der Waals surface area contributed by atoms with Crippen LogP contribution in [-0.2, 0) is 19.2 Å². The largest absolute Gasteiger partial charge is 0.369 e. The minimum atomic E-state index is -0.546. The predicted molar refractivity (Wildman–Crippen MR) is 96.7 cm³/mol. The van der Waals surface area contributed by atoms with Crippen LogP contribution >= 0.6 is 0 Å². The van der Waals surface area contributed by atoms with Gasteiger partial charge in [0.15, 0.2) is 7.98 Å². The predicted octanol–water partition coefficient (Wildman–Crippen LogP) is -4.56. The van der Waals surface area contributed by atoms with Crippen molar-refractivity contribution in [2.45, 2.75) is 0 Å². The zero-order valence-corrected chi connectivity index (χ0v) is 15.4. The summed E-state index contributed by atoms with van der Waals surface area (Å²) in [4.78, 5) is 49.7. The van der Waals surface area contributed by atoms with Gasteiger partial charge in [-0.2, -0.15) is 0 Å². The maximum atomic E-state index is 11.5. The van der Waals surface area contributed by atoms with Gasteiger partial charge in [-0.05, 0) is 13.1 Å². The van der Waals surface area contributed by atoms with Gasteiger partial charge in [0.1, 0.15) is 0 Å². The normalized spacial score (nSPS) is 11.0. The molecule has 0 aromatic heterocycles. The van der Waals surface area contributed by atoms with E-state index in [0.717, 1.165) is 0 Å². The van der Waals surface area contributed by atoms with Crippen LogP contribution in [0.25, 0.3) is 0 Å². The standard InChI is InChI=1S/C14H28BN7O4/c1-18-13(25)9-20(7-11(16)23)3-5-22(15)6-4-21(8-12(17)24)10-14(26)19-2/h3-10H2,1-2H3,(H2,16,23)(H2,17,24)(H,18,25)(H,19,26). The van der Waals surface area contributed by atoms with Crippen LogP contribution in [0, 0.1) is 0 Å². The van der Waals surface area contributed by atoms with E-state index in [1.807, 2.05) is 0 Å². The molecule has 12 heteroatoms. The Morgan fingerprint density at radius 1 is 0.731 bits per heavy atom. The first-order chi connectivity index (χ1) is 12.2. The fraction of sp³-hybridized carbons (Fsp3) is 0.714. The molecule has 0 saturated heterocycles. The van der Waals surface area contributed by atoms with Gasteiger partial charge in [-0.1, -0.05) is 0 Å². The average molecular weight is 369 g/mol. The number of primary amides is 2. The molecule has 146 valence electrons.